The van der Waals surface area contributed by atoms with Gasteiger partial charge in [0.05, 0.1) is 27.3 Å². The number of benzene rings is 5. The van der Waals surface area contributed by atoms with Crippen LogP contribution in [0.15, 0.2) is 42.5 Å². The molecular formula is C24H11ClO8. The molecule has 0 aliphatic heterocycles. The average molecular weight is 463 g/mol. The monoisotopic (exact) mass is 462 g/mol. The molecule has 0 saturated carbocycles. The minimum Gasteiger partial charge on any atom is -0.478 e. The van der Waals surface area contributed by atoms with Crippen LogP contribution in [0.5, 0.6) is 0 Å². The molecule has 0 aliphatic carbocycles. The summed E-state index contributed by atoms with van der Waals surface area (Å²) in [6.45, 7) is 0. The maximum Gasteiger partial charge on any atom is 0.337 e. The van der Waals surface area contributed by atoms with Gasteiger partial charge in [-0.05, 0) is 33.0 Å². The maximum atomic E-state index is 12.4. The molecule has 0 spiro atoms. The first-order chi connectivity index (χ1) is 15.6. The molecule has 5 aromatic carbocycles. The smallest absolute Gasteiger partial charge is 0.337 e. The lowest BCUT2D eigenvalue weighted by atomic mass is 9.81. The number of fused-ring (bicyclic) bond motifs is 2. The molecule has 0 bridgehead atoms. The first kappa shape index (κ1) is 20.5. The van der Waals surface area contributed by atoms with E-state index in [2.05, 4.69) is 0 Å². The molecule has 4 N–H and O–H groups in total. The second-order valence-electron chi connectivity index (χ2n) is 7.46. The van der Waals surface area contributed by atoms with Gasteiger partial charge in [0.2, 0.25) is 0 Å². The zero-order chi connectivity index (χ0) is 23.8. The highest BCUT2D eigenvalue weighted by atomic mass is 35.5. The Balaban J connectivity index is 2.36. The van der Waals surface area contributed by atoms with E-state index >= 15 is 0 Å². The zero-order valence-corrected chi connectivity index (χ0v) is 17.1. The summed E-state index contributed by atoms with van der Waals surface area (Å²) in [5, 5.41) is 41.6. The van der Waals surface area contributed by atoms with Crippen molar-refractivity contribution >= 4 is 78.6 Å². The van der Waals surface area contributed by atoms with Crippen LogP contribution in [0.1, 0.15) is 41.4 Å². The van der Waals surface area contributed by atoms with E-state index in [4.69, 9.17) is 11.6 Å². The number of carboxylic acids is 4. The molecule has 0 aromatic heterocycles. The van der Waals surface area contributed by atoms with Crippen molar-refractivity contribution in [3.63, 3.8) is 0 Å². The van der Waals surface area contributed by atoms with Crippen molar-refractivity contribution in [2.24, 2.45) is 0 Å². The van der Waals surface area contributed by atoms with E-state index < -0.39 is 51.5 Å². The highest BCUT2D eigenvalue weighted by Gasteiger charge is 2.34. The summed E-state index contributed by atoms with van der Waals surface area (Å²) < 4.78 is 0. The molecule has 0 radical (unpaired) electrons. The Hall–Kier alpha value is -4.43. The first-order valence-corrected chi connectivity index (χ1v) is 9.84. The van der Waals surface area contributed by atoms with Crippen LogP contribution >= 0.6 is 11.6 Å². The SMILES string of the molecule is O=C(O)c1c(C(=O)O)c2c(C(=O)O)c(Cl)cc3c4cccc5cccc(c(c1C(=O)O)c23)c54. The minimum atomic E-state index is -1.81. The van der Waals surface area contributed by atoms with Gasteiger partial charge >= 0.3 is 23.9 Å². The minimum absolute atomic E-state index is 0.0165. The maximum absolute atomic E-state index is 12.4. The quantitative estimate of drug-likeness (QED) is 0.211. The number of rotatable bonds is 4. The molecule has 5 aromatic rings. The lowest BCUT2D eigenvalue weighted by molar-refractivity contribution is 0.0635. The summed E-state index contributed by atoms with van der Waals surface area (Å²) in [7, 11) is 0. The number of hydrogen-bond donors (Lipinski definition) is 4. The van der Waals surface area contributed by atoms with Crippen molar-refractivity contribution in [1.29, 1.82) is 0 Å². The van der Waals surface area contributed by atoms with E-state index in [1.54, 1.807) is 36.4 Å². The van der Waals surface area contributed by atoms with Gasteiger partial charge < -0.3 is 20.4 Å². The number of carboxylic acid groups (broad SMARTS) is 4. The van der Waals surface area contributed by atoms with Crippen LogP contribution in [0.25, 0.3) is 43.1 Å². The van der Waals surface area contributed by atoms with Crippen molar-refractivity contribution in [1.82, 2.24) is 0 Å². The van der Waals surface area contributed by atoms with Gasteiger partial charge in [0.25, 0.3) is 0 Å². The van der Waals surface area contributed by atoms with E-state index in [9.17, 15) is 39.6 Å². The van der Waals surface area contributed by atoms with E-state index in [0.717, 1.165) is 5.39 Å². The molecule has 5 rings (SSSR count). The summed E-state index contributed by atoms with van der Waals surface area (Å²) in [4.78, 5) is 49.0. The van der Waals surface area contributed by atoms with Crippen molar-refractivity contribution in [3.05, 3.63) is 69.7 Å². The third-order valence-corrected chi connectivity index (χ3v) is 6.15. The Morgan fingerprint density at radius 2 is 1.06 bits per heavy atom. The fourth-order valence-corrected chi connectivity index (χ4v) is 5.05. The molecule has 0 aliphatic rings. The Bertz CT molecular complexity index is 1730. The number of aromatic carboxylic acids is 4. The Kier molecular flexibility index (Phi) is 4.21. The van der Waals surface area contributed by atoms with Crippen LogP contribution in [0.4, 0.5) is 0 Å². The fourth-order valence-electron chi connectivity index (χ4n) is 4.77. The molecule has 33 heavy (non-hydrogen) atoms. The van der Waals surface area contributed by atoms with Gasteiger partial charge in [0, 0.05) is 16.2 Å². The second kappa shape index (κ2) is 6.78. The Labute approximate surface area is 188 Å². The van der Waals surface area contributed by atoms with E-state index in [-0.39, 0.29) is 15.8 Å². The van der Waals surface area contributed by atoms with Crippen LogP contribution in [0, 0.1) is 0 Å². The summed E-state index contributed by atoms with van der Waals surface area (Å²) in [5.74, 6) is -6.82. The third kappa shape index (κ3) is 2.58. The summed E-state index contributed by atoms with van der Waals surface area (Å²) in [6, 6.07) is 11.7. The van der Waals surface area contributed by atoms with Gasteiger partial charge in [0.15, 0.2) is 0 Å². The van der Waals surface area contributed by atoms with E-state index in [1.165, 1.54) is 6.07 Å². The van der Waals surface area contributed by atoms with Gasteiger partial charge in [-0.25, -0.2) is 19.2 Å². The lowest BCUT2D eigenvalue weighted by Crippen LogP contribution is -2.18. The number of hydrogen-bond acceptors (Lipinski definition) is 4. The van der Waals surface area contributed by atoms with Crippen LogP contribution in [0.3, 0.4) is 0 Å². The van der Waals surface area contributed by atoms with Crippen LogP contribution in [-0.2, 0) is 0 Å². The zero-order valence-electron chi connectivity index (χ0n) is 16.3. The summed E-state index contributed by atoms with van der Waals surface area (Å²) in [6.07, 6.45) is 0. The van der Waals surface area contributed by atoms with E-state index in [1.807, 2.05) is 0 Å². The first-order valence-electron chi connectivity index (χ1n) is 9.47. The molecule has 0 heterocycles. The summed E-state index contributed by atoms with van der Waals surface area (Å²) >= 11 is 6.29. The topological polar surface area (TPSA) is 149 Å². The molecular weight excluding hydrogens is 452 g/mol. The molecule has 8 nitrogen and oxygen atoms in total. The van der Waals surface area contributed by atoms with Gasteiger partial charge in [-0.15, -0.1) is 0 Å². The predicted octanol–water partition coefficient (Wildman–Crippen LogP) is 5.18. The van der Waals surface area contributed by atoms with Crippen molar-refractivity contribution in [2.75, 3.05) is 0 Å². The molecule has 9 heteroatoms. The predicted molar refractivity (Wildman–Crippen MR) is 120 cm³/mol. The van der Waals surface area contributed by atoms with Crippen LogP contribution in [-0.4, -0.2) is 44.3 Å². The van der Waals surface area contributed by atoms with Gasteiger partial charge in [-0.2, -0.15) is 0 Å². The molecule has 0 amide bonds. The highest BCUT2D eigenvalue weighted by molar-refractivity contribution is 6.44. The molecule has 162 valence electrons. The molecule has 0 fully saturated rings. The van der Waals surface area contributed by atoms with Gasteiger partial charge in [-0.1, -0.05) is 48.0 Å². The van der Waals surface area contributed by atoms with E-state index in [0.29, 0.717) is 21.5 Å². The molecule has 0 saturated heterocycles. The van der Waals surface area contributed by atoms with Gasteiger partial charge in [0.1, 0.15) is 0 Å². The highest BCUT2D eigenvalue weighted by Crippen LogP contribution is 2.47. The largest absolute Gasteiger partial charge is 0.478 e. The Morgan fingerprint density at radius 3 is 1.61 bits per heavy atom. The fraction of sp³-hybridized carbons (Fsp3) is 0. The van der Waals surface area contributed by atoms with Crippen LogP contribution < -0.4 is 0 Å². The normalized spacial score (nSPS) is 11.5. The van der Waals surface area contributed by atoms with Crippen molar-refractivity contribution in [2.45, 2.75) is 0 Å². The van der Waals surface area contributed by atoms with Crippen LogP contribution in [0.2, 0.25) is 5.02 Å². The number of carbonyl (C=O) groups is 4. The average Bonchev–Trinajstić information content (AvgIpc) is 2.74. The van der Waals surface area contributed by atoms with Gasteiger partial charge in [-0.3, -0.25) is 0 Å². The second-order valence-corrected chi connectivity index (χ2v) is 7.87. The molecule has 0 unspecified atom stereocenters. The molecule has 0 atom stereocenters. The third-order valence-electron chi connectivity index (χ3n) is 5.85. The van der Waals surface area contributed by atoms with Crippen molar-refractivity contribution < 1.29 is 39.6 Å². The standard InChI is InChI=1S/C24H11ClO8/c25-12-7-11-9-5-1-3-8-4-2-6-10(13(8)9)14-15(11)17(16(12)21(26)27)19(23(30)31)20(24(32)33)18(14)22(28)29/h1-7H,(H,26,27)(H,28,29)(H,30,31)(H,32,33). The van der Waals surface area contributed by atoms with Crippen molar-refractivity contribution in [3.8, 4) is 0 Å². The number of halogens is 1. The Morgan fingerprint density at radius 1 is 0.545 bits per heavy atom. The lowest BCUT2D eigenvalue weighted by Gasteiger charge is -2.21. The summed E-state index contributed by atoms with van der Waals surface area (Å²) in [5.41, 5.74) is -3.29.